The molecular weight excluding hydrogens is 283 g/mol. The SMILES string of the molecule is C=Cc1ccc(OCCC[Si](Cl)(Cl)Cl)cc1. The summed E-state index contributed by atoms with van der Waals surface area (Å²) in [4.78, 5) is 0. The van der Waals surface area contributed by atoms with Crippen LogP contribution in [0.3, 0.4) is 0 Å². The van der Waals surface area contributed by atoms with Crippen LogP contribution < -0.4 is 4.74 Å². The molecule has 88 valence electrons. The molecular formula is C11H13Cl3OSi. The van der Waals surface area contributed by atoms with Gasteiger partial charge in [0.05, 0.1) is 6.61 Å². The van der Waals surface area contributed by atoms with Gasteiger partial charge in [-0.15, -0.1) is 33.2 Å². The van der Waals surface area contributed by atoms with Gasteiger partial charge in [-0.05, 0) is 30.2 Å². The fraction of sp³-hybridized carbons (Fsp3) is 0.273. The normalized spacial score (nSPS) is 11.2. The Kier molecular flexibility index (Phi) is 5.69. The van der Waals surface area contributed by atoms with Gasteiger partial charge in [-0.2, -0.15) is 0 Å². The van der Waals surface area contributed by atoms with E-state index in [0.717, 1.165) is 17.7 Å². The molecule has 0 saturated heterocycles. The van der Waals surface area contributed by atoms with Crippen molar-refractivity contribution in [2.24, 2.45) is 0 Å². The summed E-state index contributed by atoms with van der Waals surface area (Å²) in [5.41, 5.74) is 1.07. The molecule has 0 fully saturated rings. The molecule has 0 saturated carbocycles. The van der Waals surface area contributed by atoms with Gasteiger partial charge in [-0.1, -0.05) is 24.8 Å². The van der Waals surface area contributed by atoms with Gasteiger partial charge < -0.3 is 4.74 Å². The predicted molar refractivity (Wildman–Crippen MR) is 74.8 cm³/mol. The largest absolute Gasteiger partial charge is 0.494 e. The van der Waals surface area contributed by atoms with Crippen molar-refractivity contribution in [2.45, 2.75) is 12.5 Å². The molecule has 1 nitrogen and oxygen atoms in total. The highest BCUT2D eigenvalue weighted by Gasteiger charge is 2.23. The van der Waals surface area contributed by atoms with E-state index in [4.69, 9.17) is 38.0 Å². The van der Waals surface area contributed by atoms with Crippen LogP contribution in [0.15, 0.2) is 30.8 Å². The van der Waals surface area contributed by atoms with Crippen LogP contribution in [0.1, 0.15) is 12.0 Å². The third-order valence-electron chi connectivity index (χ3n) is 1.99. The lowest BCUT2D eigenvalue weighted by Crippen LogP contribution is -2.10. The Morgan fingerprint density at radius 3 is 2.31 bits per heavy atom. The molecule has 0 amide bonds. The average Bonchev–Trinajstić information content (AvgIpc) is 2.24. The molecule has 0 atom stereocenters. The lowest BCUT2D eigenvalue weighted by Gasteiger charge is -2.09. The Labute approximate surface area is 111 Å². The summed E-state index contributed by atoms with van der Waals surface area (Å²) in [6.45, 7) is 4.26. The molecule has 0 aliphatic heterocycles. The smallest absolute Gasteiger partial charge is 0.341 e. The number of ether oxygens (including phenoxy) is 1. The van der Waals surface area contributed by atoms with Crippen LogP contribution in [-0.2, 0) is 0 Å². The van der Waals surface area contributed by atoms with E-state index in [1.165, 1.54) is 0 Å². The van der Waals surface area contributed by atoms with Crippen molar-refractivity contribution in [3.63, 3.8) is 0 Å². The van der Waals surface area contributed by atoms with E-state index >= 15 is 0 Å². The lowest BCUT2D eigenvalue weighted by molar-refractivity contribution is 0.317. The van der Waals surface area contributed by atoms with Crippen LogP contribution >= 0.6 is 33.2 Å². The van der Waals surface area contributed by atoms with E-state index in [0.29, 0.717) is 12.7 Å². The molecule has 0 aliphatic rings. The van der Waals surface area contributed by atoms with Gasteiger partial charge in [0.1, 0.15) is 5.75 Å². The summed E-state index contributed by atoms with van der Waals surface area (Å²) in [5, 5.41) is 0. The Balaban J connectivity index is 2.29. The number of rotatable bonds is 6. The van der Waals surface area contributed by atoms with Crippen molar-refractivity contribution < 1.29 is 4.74 Å². The van der Waals surface area contributed by atoms with Crippen molar-refractivity contribution in [2.75, 3.05) is 6.61 Å². The van der Waals surface area contributed by atoms with E-state index in [-0.39, 0.29) is 0 Å². The zero-order valence-corrected chi connectivity index (χ0v) is 12.0. The quantitative estimate of drug-likeness (QED) is 0.418. The standard InChI is InChI=1S/C11H13Cl3OSi/c1-2-10-4-6-11(7-5-10)15-8-3-9-16(12,13)14/h2,4-7H,1,3,8-9H2. The van der Waals surface area contributed by atoms with Crippen LogP contribution in [0.5, 0.6) is 5.75 Å². The maximum atomic E-state index is 5.76. The van der Waals surface area contributed by atoms with Crippen molar-refractivity contribution in [3.8, 4) is 5.75 Å². The number of halogens is 3. The second-order valence-corrected chi connectivity index (χ2v) is 12.6. The molecule has 0 spiro atoms. The third-order valence-corrected chi connectivity index (χ3v) is 4.61. The van der Waals surface area contributed by atoms with Gasteiger partial charge in [0.15, 0.2) is 0 Å². The first kappa shape index (κ1) is 13.9. The molecule has 16 heavy (non-hydrogen) atoms. The zero-order chi connectivity index (χ0) is 12.0. The summed E-state index contributed by atoms with van der Waals surface area (Å²) in [7, 11) is 0. The number of hydrogen-bond acceptors (Lipinski definition) is 1. The summed E-state index contributed by atoms with van der Waals surface area (Å²) in [6, 6.07) is 5.85. The highest BCUT2D eigenvalue weighted by atomic mass is 35.8. The van der Waals surface area contributed by atoms with Gasteiger partial charge in [-0.3, -0.25) is 0 Å². The Bertz CT molecular complexity index is 332. The minimum absolute atomic E-state index is 0.578. The molecule has 0 N–H and O–H groups in total. The predicted octanol–water partition coefficient (Wildman–Crippen LogP) is 4.75. The summed E-state index contributed by atoms with van der Waals surface area (Å²) in [5.74, 6) is 0.830. The van der Waals surface area contributed by atoms with Gasteiger partial charge in [-0.25, -0.2) is 0 Å². The number of hydrogen-bond donors (Lipinski definition) is 0. The van der Waals surface area contributed by atoms with Crippen molar-refractivity contribution in [3.05, 3.63) is 36.4 Å². The highest BCUT2D eigenvalue weighted by Crippen LogP contribution is 2.26. The first-order valence-corrected chi connectivity index (χ1v) is 10.2. The lowest BCUT2D eigenvalue weighted by atomic mass is 10.2. The topological polar surface area (TPSA) is 9.23 Å². The molecule has 1 aromatic carbocycles. The monoisotopic (exact) mass is 294 g/mol. The molecule has 0 aliphatic carbocycles. The minimum Gasteiger partial charge on any atom is -0.494 e. The maximum absolute atomic E-state index is 5.76. The van der Waals surface area contributed by atoms with Crippen LogP contribution in [0, 0.1) is 0 Å². The summed E-state index contributed by atoms with van der Waals surface area (Å²) >= 11 is 17.3. The first-order chi connectivity index (χ1) is 7.51. The Hall–Kier alpha value is -0.153. The third kappa shape index (κ3) is 5.80. The van der Waals surface area contributed by atoms with E-state index in [1.54, 1.807) is 6.08 Å². The summed E-state index contributed by atoms with van der Waals surface area (Å²) in [6.07, 6.45) is 2.56. The van der Waals surface area contributed by atoms with E-state index < -0.39 is 6.00 Å². The zero-order valence-electron chi connectivity index (χ0n) is 8.76. The summed E-state index contributed by atoms with van der Waals surface area (Å²) < 4.78 is 5.51. The van der Waals surface area contributed by atoms with Crippen LogP contribution in [0.4, 0.5) is 0 Å². The Morgan fingerprint density at radius 2 is 1.81 bits per heavy atom. The van der Waals surface area contributed by atoms with Gasteiger partial charge >= 0.3 is 6.00 Å². The van der Waals surface area contributed by atoms with Gasteiger partial charge in [0.25, 0.3) is 0 Å². The molecule has 0 unspecified atom stereocenters. The second kappa shape index (κ2) is 6.55. The molecule has 1 rings (SSSR count). The maximum Gasteiger partial charge on any atom is 0.341 e. The van der Waals surface area contributed by atoms with E-state index in [9.17, 15) is 0 Å². The van der Waals surface area contributed by atoms with Crippen molar-refractivity contribution >= 4 is 45.3 Å². The molecule has 5 heteroatoms. The molecule has 0 heterocycles. The molecule has 0 aromatic heterocycles. The average molecular weight is 296 g/mol. The molecule has 0 bridgehead atoms. The van der Waals surface area contributed by atoms with E-state index in [2.05, 4.69) is 6.58 Å². The van der Waals surface area contributed by atoms with Crippen LogP contribution in [0.25, 0.3) is 6.08 Å². The van der Waals surface area contributed by atoms with Crippen LogP contribution in [0.2, 0.25) is 6.04 Å². The van der Waals surface area contributed by atoms with Gasteiger partial charge in [0.2, 0.25) is 0 Å². The van der Waals surface area contributed by atoms with Gasteiger partial charge in [0, 0.05) is 0 Å². The highest BCUT2D eigenvalue weighted by molar-refractivity contribution is 7.64. The Morgan fingerprint density at radius 1 is 1.19 bits per heavy atom. The minimum atomic E-state index is -2.49. The fourth-order valence-electron chi connectivity index (χ4n) is 1.16. The first-order valence-electron chi connectivity index (χ1n) is 4.93. The second-order valence-electron chi connectivity index (χ2n) is 3.34. The fourth-order valence-corrected chi connectivity index (χ4v) is 2.91. The molecule has 0 radical (unpaired) electrons. The van der Waals surface area contributed by atoms with Crippen LogP contribution in [-0.4, -0.2) is 12.6 Å². The van der Waals surface area contributed by atoms with Crippen molar-refractivity contribution in [1.29, 1.82) is 0 Å². The van der Waals surface area contributed by atoms with E-state index in [1.807, 2.05) is 24.3 Å². The number of benzene rings is 1. The van der Waals surface area contributed by atoms with Crippen molar-refractivity contribution in [1.82, 2.24) is 0 Å². The molecule has 1 aromatic rings.